The molecule has 110 valence electrons. The molecule has 1 nitrogen and oxygen atoms in total. The minimum absolute atomic E-state index is 0.356. The number of aliphatic hydroxyl groups excluding tert-OH is 1. The second kappa shape index (κ2) is 5.78. The number of aryl methyl sites for hydroxylation is 1. The van der Waals surface area contributed by atoms with Gasteiger partial charge < -0.3 is 5.11 Å². The van der Waals surface area contributed by atoms with Crippen LogP contribution in [0.15, 0.2) is 17.9 Å². The first-order chi connectivity index (χ1) is 10.1. The van der Waals surface area contributed by atoms with Crippen molar-refractivity contribution < 1.29 is 5.11 Å². The Balaban J connectivity index is 2.13. The third kappa shape index (κ3) is 2.58. The molecule has 0 saturated heterocycles. The van der Waals surface area contributed by atoms with E-state index in [2.05, 4.69) is 24.8 Å². The zero-order valence-electron chi connectivity index (χ0n) is 12.7. The number of benzene rings is 1. The molecule has 1 saturated carbocycles. The third-order valence-electron chi connectivity index (χ3n) is 4.85. The summed E-state index contributed by atoms with van der Waals surface area (Å²) in [7, 11) is 0. The van der Waals surface area contributed by atoms with Crippen LogP contribution in [0.25, 0.3) is 5.57 Å². The number of halogens is 1. The van der Waals surface area contributed by atoms with Crippen LogP contribution < -0.4 is 0 Å². The van der Waals surface area contributed by atoms with Crippen molar-refractivity contribution >= 4 is 17.2 Å². The van der Waals surface area contributed by atoms with Gasteiger partial charge in [0.05, 0.1) is 5.76 Å². The summed E-state index contributed by atoms with van der Waals surface area (Å²) in [5.74, 6) is 7.67. The minimum Gasteiger partial charge on any atom is -0.512 e. The zero-order valence-corrected chi connectivity index (χ0v) is 13.4. The number of fused-ring (bicyclic) bond motifs is 2. The van der Waals surface area contributed by atoms with Gasteiger partial charge >= 0.3 is 0 Å². The molecule has 2 atom stereocenters. The van der Waals surface area contributed by atoms with Gasteiger partial charge in [0.25, 0.3) is 0 Å². The maximum Gasteiger partial charge on any atom is 0.0992 e. The van der Waals surface area contributed by atoms with E-state index in [1.54, 1.807) is 0 Å². The molecule has 2 aliphatic rings. The van der Waals surface area contributed by atoms with Crippen molar-refractivity contribution in [3.05, 3.63) is 39.6 Å². The Bertz CT molecular complexity index is 660. The molecular formula is C19H21ClO. The van der Waals surface area contributed by atoms with Crippen molar-refractivity contribution in [3.8, 4) is 11.8 Å². The summed E-state index contributed by atoms with van der Waals surface area (Å²) in [4.78, 5) is 0. The van der Waals surface area contributed by atoms with Gasteiger partial charge in [0.1, 0.15) is 0 Å². The molecule has 1 fully saturated rings. The molecule has 2 unspecified atom stereocenters. The Morgan fingerprint density at radius 1 is 1.33 bits per heavy atom. The highest BCUT2D eigenvalue weighted by molar-refractivity contribution is 6.32. The van der Waals surface area contributed by atoms with Crippen molar-refractivity contribution in [3.63, 3.8) is 0 Å². The van der Waals surface area contributed by atoms with E-state index in [0.29, 0.717) is 11.7 Å². The Hall–Kier alpha value is -1.39. The lowest BCUT2D eigenvalue weighted by Gasteiger charge is -2.25. The third-order valence-corrected chi connectivity index (χ3v) is 5.15. The van der Waals surface area contributed by atoms with E-state index < -0.39 is 0 Å². The van der Waals surface area contributed by atoms with E-state index in [0.717, 1.165) is 53.3 Å². The molecular weight excluding hydrogens is 280 g/mol. The average Bonchev–Trinajstić information content (AvgIpc) is 2.87. The molecule has 1 N–H and O–H groups in total. The minimum atomic E-state index is 0.356. The monoisotopic (exact) mass is 300 g/mol. The van der Waals surface area contributed by atoms with E-state index in [-0.39, 0.29) is 0 Å². The van der Waals surface area contributed by atoms with Crippen LogP contribution in [0.5, 0.6) is 0 Å². The van der Waals surface area contributed by atoms with Gasteiger partial charge in [-0.2, -0.15) is 0 Å². The molecule has 0 amide bonds. The lowest BCUT2D eigenvalue weighted by Crippen LogP contribution is -2.12. The van der Waals surface area contributed by atoms with Crippen molar-refractivity contribution in [1.29, 1.82) is 0 Å². The van der Waals surface area contributed by atoms with E-state index >= 15 is 0 Å². The van der Waals surface area contributed by atoms with E-state index in [9.17, 15) is 5.11 Å². The standard InChI is InChI=1S/C19H21ClO/c1-3-5-12-8-14(4-2)18(17(20)11-12)16-10-13-6-7-15(9-13)19(16)21/h8,11,13,15,21H,4,6-7,9-10H2,1-2H3. The van der Waals surface area contributed by atoms with Gasteiger partial charge in [0, 0.05) is 22.1 Å². The van der Waals surface area contributed by atoms with Gasteiger partial charge in [-0.15, -0.1) is 5.92 Å². The predicted octanol–water partition coefficient (Wildman–Crippen LogP) is 5.36. The Labute approximate surface area is 132 Å². The first-order valence-electron chi connectivity index (χ1n) is 7.81. The smallest absolute Gasteiger partial charge is 0.0992 e. The van der Waals surface area contributed by atoms with E-state index in [4.69, 9.17) is 11.6 Å². The highest BCUT2D eigenvalue weighted by atomic mass is 35.5. The molecule has 1 aromatic rings. The molecule has 0 radical (unpaired) electrons. The summed E-state index contributed by atoms with van der Waals surface area (Å²) < 4.78 is 0. The molecule has 0 aliphatic heterocycles. The van der Waals surface area contributed by atoms with Crippen LogP contribution in [0, 0.1) is 23.7 Å². The van der Waals surface area contributed by atoms with Crippen LogP contribution in [0.1, 0.15) is 56.2 Å². The fourth-order valence-corrected chi connectivity index (χ4v) is 4.23. The Morgan fingerprint density at radius 2 is 2.14 bits per heavy atom. The molecule has 2 heteroatoms. The predicted molar refractivity (Wildman–Crippen MR) is 88.4 cm³/mol. The molecule has 0 spiro atoms. The quantitative estimate of drug-likeness (QED) is 0.729. The lowest BCUT2D eigenvalue weighted by molar-refractivity contribution is 0.316. The van der Waals surface area contributed by atoms with Gasteiger partial charge in [-0.1, -0.05) is 24.4 Å². The second-order valence-corrected chi connectivity index (χ2v) is 6.57. The van der Waals surface area contributed by atoms with Gasteiger partial charge in [-0.3, -0.25) is 0 Å². The summed E-state index contributed by atoms with van der Waals surface area (Å²) in [6.45, 7) is 3.97. The summed E-state index contributed by atoms with van der Waals surface area (Å²) in [5, 5.41) is 11.4. The van der Waals surface area contributed by atoms with Gasteiger partial charge in [-0.25, -0.2) is 0 Å². The number of rotatable bonds is 2. The summed E-state index contributed by atoms with van der Waals surface area (Å²) in [6, 6.07) is 4.05. The zero-order chi connectivity index (χ0) is 15.0. The van der Waals surface area contributed by atoms with Crippen LogP contribution in [0.3, 0.4) is 0 Å². The molecule has 0 aromatic heterocycles. The molecule has 0 heterocycles. The van der Waals surface area contributed by atoms with Crippen molar-refractivity contribution in [2.24, 2.45) is 11.8 Å². The normalized spacial score (nSPS) is 24.0. The SMILES string of the molecule is CC#Cc1cc(Cl)c(C2=C(O)C3CCC(C2)C3)c(CC)c1. The maximum absolute atomic E-state index is 10.6. The fraction of sp³-hybridized carbons (Fsp3) is 0.474. The van der Waals surface area contributed by atoms with Crippen molar-refractivity contribution in [2.75, 3.05) is 0 Å². The summed E-state index contributed by atoms with van der Waals surface area (Å²) >= 11 is 6.55. The van der Waals surface area contributed by atoms with E-state index in [1.807, 2.05) is 13.0 Å². The van der Waals surface area contributed by atoms with Gasteiger partial charge in [0.2, 0.25) is 0 Å². The molecule has 21 heavy (non-hydrogen) atoms. The van der Waals surface area contributed by atoms with Crippen LogP contribution in [-0.2, 0) is 6.42 Å². The number of hydrogen-bond donors (Lipinski definition) is 1. The second-order valence-electron chi connectivity index (χ2n) is 6.16. The number of hydrogen-bond acceptors (Lipinski definition) is 1. The van der Waals surface area contributed by atoms with Crippen LogP contribution in [0.4, 0.5) is 0 Å². The Kier molecular flexibility index (Phi) is 4.00. The topological polar surface area (TPSA) is 20.2 Å². The molecule has 2 bridgehead atoms. The highest BCUT2D eigenvalue weighted by Gasteiger charge is 2.36. The lowest BCUT2D eigenvalue weighted by atomic mass is 9.82. The molecule has 2 aliphatic carbocycles. The summed E-state index contributed by atoms with van der Waals surface area (Å²) in [6.07, 6.45) is 5.37. The van der Waals surface area contributed by atoms with Crippen LogP contribution in [-0.4, -0.2) is 5.11 Å². The average molecular weight is 301 g/mol. The van der Waals surface area contributed by atoms with Crippen LogP contribution >= 0.6 is 11.6 Å². The van der Waals surface area contributed by atoms with Gasteiger partial charge in [-0.05, 0) is 68.2 Å². The fourth-order valence-electron chi connectivity index (χ4n) is 3.88. The largest absolute Gasteiger partial charge is 0.512 e. The Morgan fingerprint density at radius 3 is 2.86 bits per heavy atom. The number of aliphatic hydroxyl groups is 1. The van der Waals surface area contributed by atoms with E-state index in [1.165, 1.54) is 12.0 Å². The first kappa shape index (κ1) is 14.5. The van der Waals surface area contributed by atoms with Crippen molar-refractivity contribution in [2.45, 2.75) is 46.0 Å². The van der Waals surface area contributed by atoms with Crippen molar-refractivity contribution in [1.82, 2.24) is 0 Å². The highest BCUT2D eigenvalue weighted by Crippen LogP contribution is 2.49. The molecule has 3 rings (SSSR count). The first-order valence-corrected chi connectivity index (χ1v) is 8.19. The maximum atomic E-state index is 10.6. The number of allylic oxidation sites excluding steroid dienone is 2. The van der Waals surface area contributed by atoms with Gasteiger partial charge in [0.15, 0.2) is 0 Å². The molecule has 1 aromatic carbocycles. The van der Waals surface area contributed by atoms with Crippen LogP contribution in [0.2, 0.25) is 5.02 Å². The summed E-state index contributed by atoms with van der Waals surface area (Å²) in [5.41, 5.74) is 4.31.